The highest BCUT2D eigenvalue weighted by Gasteiger charge is 2.17. The Morgan fingerprint density at radius 2 is 1.43 bits per heavy atom. The molecule has 0 saturated heterocycles. The molecule has 6 nitrogen and oxygen atoms in total. The van der Waals surface area contributed by atoms with Crippen molar-refractivity contribution in [3.8, 4) is 0 Å². The molecule has 0 aromatic heterocycles. The van der Waals surface area contributed by atoms with E-state index in [1.807, 2.05) is 0 Å². The zero-order valence-electron chi connectivity index (χ0n) is 12.6. The molecule has 0 unspecified atom stereocenters. The Morgan fingerprint density at radius 1 is 0.913 bits per heavy atom. The number of fused-ring (bicyclic) bond motifs is 1. The van der Waals surface area contributed by atoms with Crippen LogP contribution < -0.4 is 9.44 Å². The van der Waals surface area contributed by atoms with Crippen molar-refractivity contribution in [2.75, 3.05) is 20.9 Å². The molecule has 0 heterocycles. The molecular formula is C14H17BrN2O4S2. The van der Waals surface area contributed by atoms with Crippen molar-refractivity contribution in [1.29, 1.82) is 0 Å². The first-order valence-electron chi connectivity index (χ1n) is 6.91. The predicted octanol–water partition coefficient (Wildman–Crippen LogP) is 3.13. The predicted molar refractivity (Wildman–Crippen MR) is 97.8 cm³/mol. The number of benzene rings is 2. The van der Waals surface area contributed by atoms with Gasteiger partial charge in [0.2, 0.25) is 20.0 Å². The van der Waals surface area contributed by atoms with E-state index in [9.17, 15) is 16.8 Å². The third kappa shape index (κ3) is 4.15. The molecule has 0 aliphatic carbocycles. The summed E-state index contributed by atoms with van der Waals surface area (Å²) in [6.07, 6.45) is 0. The van der Waals surface area contributed by atoms with Gasteiger partial charge < -0.3 is 0 Å². The van der Waals surface area contributed by atoms with Crippen LogP contribution in [0.1, 0.15) is 13.8 Å². The smallest absolute Gasteiger partial charge is 0.232 e. The van der Waals surface area contributed by atoms with Crippen LogP contribution in [0.3, 0.4) is 0 Å². The van der Waals surface area contributed by atoms with Crippen molar-refractivity contribution >= 4 is 58.1 Å². The van der Waals surface area contributed by atoms with E-state index in [0.717, 1.165) is 0 Å². The molecular weight excluding hydrogens is 404 g/mol. The number of hydrogen-bond acceptors (Lipinski definition) is 4. The van der Waals surface area contributed by atoms with Crippen molar-refractivity contribution in [2.45, 2.75) is 13.8 Å². The van der Waals surface area contributed by atoms with Gasteiger partial charge in [-0.25, -0.2) is 16.8 Å². The number of rotatable bonds is 6. The van der Waals surface area contributed by atoms with Gasteiger partial charge >= 0.3 is 0 Å². The molecule has 126 valence electrons. The minimum absolute atomic E-state index is 0.0524. The van der Waals surface area contributed by atoms with Crippen LogP contribution >= 0.6 is 15.9 Å². The fourth-order valence-electron chi connectivity index (χ4n) is 2.00. The van der Waals surface area contributed by atoms with E-state index in [2.05, 4.69) is 25.4 Å². The third-order valence-electron chi connectivity index (χ3n) is 3.28. The van der Waals surface area contributed by atoms with Gasteiger partial charge in [-0.05, 0) is 35.8 Å². The normalized spacial score (nSPS) is 12.3. The standard InChI is InChI=1S/C14H17BrN2O4S2/c1-3-22(18,19)16-13-9-12(15)14(17-23(20,21)4-2)11-8-6-5-7-10(11)13/h5-9,16-17H,3-4H2,1-2H3. The van der Waals surface area contributed by atoms with Gasteiger partial charge in [0.25, 0.3) is 0 Å². The molecule has 0 aliphatic heterocycles. The van der Waals surface area contributed by atoms with E-state index in [1.165, 1.54) is 0 Å². The molecule has 2 aromatic carbocycles. The molecule has 0 saturated carbocycles. The van der Waals surface area contributed by atoms with Crippen molar-refractivity contribution in [3.63, 3.8) is 0 Å². The fourth-order valence-corrected chi connectivity index (χ4v) is 3.99. The van der Waals surface area contributed by atoms with Gasteiger partial charge in [0.05, 0.1) is 22.9 Å². The van der Waals surface area contributed by atoms with Gasteiger partial charge in [0.15, 0.2) is 0 Å². The summed E-state index contributed by atoms with van der Waals surface area (Å²) in [5, 5.41) is 1.22. The van der Waals surface area contributed by atoms with Gasteiger partial charge in [-0.2, -0.15) is 0 Å². The largest absolute Gasteiger partial charge is 0.283 e. The van der Waals surface area contributed by atoms with Gasteiger partial charge in [-0.3, -0.25) is 9.44 Å². The van der Waals surface area contributed by atoms with Crippen LogP contribution in [0.5, 0.6) is 0 Å². The van der Waals surface area contributed by atoms with Gasteiger partial charge in [-0.15, -0.1) is 0 Å². The molecule has 0 bridgehead atoms. The highest BCUT2D eigenvalue weighted by Crippen LogP contribution is 2.37. The summed E-state index contributed by atoms with van der Waals surface area (Å²) in [7, 11) is -6.90. The first-order chi connectivity index (χ1) is 10.7. The van der Waals surface area contributed by atoms with E-state index in [0.29, 0.717) is 26.6 Å². The number of halogens is 1. The summed E-state index contributed by atoms with van der Waals surface area (Å²) in [5.74, 6) is -0.110. The van der Waals surface area contributed by atoms with Gasteiger partial charge in [0, 0.05) is 15.2 Å². The second-order valence-electron chi connectivity index (χ2n) is 4.84. The third-order valence-corrected chi connectivity index (χ3v) is 6.47. The summed E-state index contributed by atoms with van der Waals surface area (Å²) >= 11 is 3.32. The van der Waals surface area contributed by atoms with E-state index in [4.69, 9.17) is 0 Å². The Balaban J connectivity index is 2.68. The van der Waals surface area contributed by atoms with Crippen LogP contribution in [0.15, 0.2) is 34.8 Å². The molecule has 0 aliphatic rings. The van der Waals surface area contributed by atoms with Crippen LogP contribution in [-0.2, 0) is 20.0 Å². The molecule has 23 heavy (non-hydrogen) atoms. The Bertz CT molecular complexity index is 941. The van der Waals surface area contributed by atoms with Gasteiger partial charge in [-0.1, -0.05) is 24.3 Å². The second kappa shape index (κ2) is 6.66. The molecule has 2 N–H and O–H groups in total. The van der Waals surface area contributed by atoms with Crippen LogP contribution in [0.4, 0.5) is 11.4 Å². The maximum Gasteiger partial charge on any atom is 0.232 e. The number of nitrogens with one attached hydrogen (secondary N) is 2. The monoisotopic (exact) mass is 420 g/mol. The van der Waals surface area contributed by atoms with E-state index in [1.54, 1.807) is 44.2 Å². The molecule has 0 radical (unpaired) electrons. The lowest BCUT2D eigenvalue weighted by Gasteiger charge is -2.16. The molecule has 0 amide bonds. The number of hydrogen-bond donors (Lipinski definition) is 2. The Hall–Kier alpha value is -1.32. The average Bonchev–Trinajstić information content (AvgIpc) is 2.51. The Morgan fingerprint density at radius 3 is 2.00 bits per heavy atom. The SMILES string of the molecule is CCS(=O)(=O)Nc1cc(Br)c(NS(=O)(=O)CC)c2ccccc12. The van der Waals surface area contributed by atoms with Crippen LogP contribution in [0.2, 0.25) is 0 Å². The van der Waals surface area contributed by atoms with Crippen molar-refractivity contribution < 1.29 is 16.8 Å². The maximum absolute atomic E-state index is 11.9. The fraction of sp³-hybridized carbons (Fsp3) is 0.286. The van der Waals surface area contributed by atoms with Crippen LogP contribution in [0.25, 0.3) is 10.8 Å². The molecule has 2 rings (SSSR count). The Kier molecular flexibility index (Phi) is 5.22. The lowest BCUT2D eigenvalue weighted by atomic mass is 10.1. The summed E-state index contributed by atoms with van der Waals surface area (Å²) in [4.78, 5) is 0. The van der Waals surface area contributed by atoms with Crippen molar-refractivity contribution in [3.05, 3.63) is 34.8 Å². The number of anilines is 2. The average molecular weight is 421 g/mol. The zero-order chi connectivity index (χ0) is 17.3. The molecule has 9 heteroatoms. The topological polar surface area (TPSA) is 92.3 Å². The number of sulfonamides is 2. The maximum atomic E-state index is 11.9. The molecule has 0 fully saturated rings. The van der Waals surface area contributed by atoms with E-state index in [-0.39, 0.29) is 11.5 Å². The second-order valence-corrected chi connectivity index (χ2v) is 9.71. The zero-order valence-corrected chi connectivity index (χ0v) is 15.8. The van der Waals surface area contributed by atoms with Crippen molar-refractivity contribution in [2.24, 2.45) is 0 Å². The quantitative estimate of drug-likeness (QED) is 0.750. The summed E-state index contributed by atoms with van der Waals surface area (Å²) in [6.45, 7) is 3.09. The summed E-state index contributed by atoms with van der Waals surface area (Å²) in [6, 6.07) is 8.55. The van der Waals surface area contributed by atoms with Crippen molar-refractivity contribution in [1.82, 2.24) is 0 Å². The summed E-state index contributed by atoms with van der Waals surface area (Å²) in [5.41, 5.74) is 0.788. The summed E-state index contributed by atoms with van der Waals surface area (Å²) < 4.78 is 53.0. The van der Waals surface area contributed by atoms with Crippen LogP contribution in [0, 0.1) is 0 Å². The Labute approximate surface area is 144 Å². The first-order valence-corrected chi connectivity index (χ1v) is 11.0. The first kappa shape index (κ1) is 18.0. The molecule has 2 aromatic rings. The lowest BCUT2D eigenvalue weighted by Crippen LogP contribution is -2.17. The highest BCUT2D eigenvalue weighted by molar-refractivity contribution is 9.10. The molecule has 0 atom stereocenters. The minimum Gasteiger partial charge on any atom is -0.283 e. The van der Waals surface area contributed by atoms with E-state index >= 15 is 0 Å². The minimum atomic E-state index is -3.46. The van der Waals surface area contributed by atoms with E-state index < -0.39 is 20.0 Å². The van der Waals surface area contributed by atoms with Crippen LogP contribution in [-0.4, -0.2) is 28.3 Å². The highest BCUT2D eigenvalue weighted by atomic mass is 79.9. The lowest BCUT2D eigenvalue weighted by molar-refractivity contribution is 0.600. The van der Waals surface area contributed by atoms with Gasteiger partial charge in [0.1, 0.15) is 0 Å². The molecule has 0 spiro atoms.